The van der Waals surface area contributed by atoms with Crippen LogP contribution in [0, 0.1) is 6.92 Å². The lowest BCUT2D eigenvalue weighted by Crippen LogP contribution is -2.28. The number of rotatable bonds is 4. The summed E-state index contributed by atoms with van der Waals surface area (Å²) in [6.07, 6.45) is 1.59. The topological polar surface area (TPSA) is 61.3 Å². The minimum atomic E-state index is 0.400. The number of benzene rings is 1. The molecule has 0 radical (unpaired) electrons. The van der Waals surface area contributed by atoms with E-state index in [1.54, 1.807) is 13.3 Å². The number of aryl methyl sites for hydroxylation is 1. The molecule has 1 aromatic heterocycles. The molecule has 5 nitrogen and oxygen atoms in total. The molecule has 8 heteroatoms. The molecule has 0 spiro atoms. The summed E-state index contributed by atoms with van der Waals surface area (Å²) in [5, 5.41) is 11.5. The number of para-hydroxylation sites is 1. The number of thiazole rings is 1. The molecule has 2 aromatic rings. The maximum Gasteiger partial charge on any atom is 0.189 e. The van der Waals surface area contributed by atoms with Gasteiger partial charge in [-0.1, -0.05) is 41.1 Å². The number of halogens is 1. The SMILES string of the molecule is CNC(=S)N/N=C/c1sc(Nc2ccccc2C)nc1Cl. The van der Waals surface area contributed by atoms with E-state index in [-0.39, 0.29) is 0 Å². The van der Waals surface area contributed by atoms with Crippen LogP contribution in [0.2, 0.25) is 5.15 Å². The summed E-state index contributed by atoms with van der Waals surface area (Å²) >= 11 is 12.4. The number of hydrazone groups is 1. The monoisotopic (exact) mass is 339 g/mol. The molecule has 1 aromatic carbocycles. The van der Waals surface area contributed by atoms with Gasteiger partial charge in [0.1, 0.15) is 0 Å². The number of anilines is 2. The van der Waals surface area contributed by atoms with Gasteiger partial charge in [-0.15, -0.1) is 0 Å². The van der Waals surface area contributed by atoms with Gasteiger partial charge in [0.15, 0.2) is 15.4 Å². The number of nitrogens with one attached hydrogen (secondary N) is 3. The van der Waals surface area contributed by atoms with Gasteiger partial charge in [-0.3, -0.25) is 5.43 Å². The molecule has 3 N–H and O–H groups in total. The minimum absolute atomic E-state index is 0.400. The van der Waals surface area contributed by atoms with Crippen molar-refractivity contribution in [3.05, 3.63) is 39.9 Å². The van der Waals surface area contributed by atoms with Crippen LogP contribution in [-0.4, -0.2) is 23.4 Å². The Bertz CT molecular complexity index is 668. The molecule has 0 saturated carbocycles. The van der Waals surface area contributed by atoms with Crippen molar-refractivity contribution in [2.45, 2.75) is 6.92 Å². The fourth-order valence-electron chi connectivity index (χ4n) is 1.48. The minimum Gasteiger partial charge on any atom is -0.364 e. The van der Waals surface area contributed by atoms with Crippen LogP contribution in [0.4, 0.5) is 10.8 Å². The van der Waals surface area contributed by atoms with E-state index in [2.05, 4.69) is 26.1 Å². The van der Waals surface area contributed by atoms with E-state index in [4.69, 9.17) is 23.8 Å². The second-order valence-electron chi connectivity index (χ2n) is 4.06. The number of thiocarbonyl (C=S) groups is 1. The van der Waals surface area contributed by atoms with Gasteiger partial charge < -0.3 is 10.6 Å². The standard InChI is InChI=1S/C13H14ClN5S2/c1-8-5-3-4-6-9(8)17-13-18-11(14)10(21-13)7-16-19-12(20)15-2/h3-7H,1-2H3,(H,17,18)(H2,15,19,20)/b16-7+. The summed E-state index contributed by atoms with van der Waals surface area (Å²) in [4.78, 5) is 5.02. The highest BCUT2D eigenvalue weighted by molar-refractivity contribution is 7.80. The number of aromatic nitrogens is 1. The molecule has 2 rings (SSSR count). The summed E-state index contributed by atoms with van der Waals surface area (Å²) in [5.41, 5.74) is 4.81. The zero-order valence-corrected chi connectivity index (χ0v) is 13.9. The van der Waals surface area contributed by atoms with E-state index in [1.165, 1.54) is 11.3 Å². The maximum atomic E-state index is 6.09. The van der Waals surface area contributed by atoms with Gasteiger partial charge in [-0.2, -0.15) is 5.10 Å². The lowest BCUT2D eigenvalue weighted by atomic mass is 10.2. The summed E-state index contributed by atoms with van der Waals surface area (Å²) in [6.45, 7) is 2.03. The molecule has 0 amide bonds. The van der Waals surface area contributed by atoms with Gasteiger partial charge in [-0.25, -0.2) is 4.98 Å². The van der Waals surface area contributed by atoms with Crippen molar-refractivity contribution >= 4 is 57.3 Å². The Balaban J connectivity index is 2.09. The Kier molecular flexibility index (Phi) is 5.49. The van der Waals surface area contributed by atoms with Crippen LogP contribution in [0.5, 0.6) is 0 Å². The van der Waals surface area contributed by atoms with Gasteiger partial charge in [0.25, 0.3) is 0 Å². The number of hydrogen-bond donors (Lipinski definition) is 3. The second-order valence-corrected chi connectivity index (χ2v) is 5.86. The molecular weight excluding hydrogens is 326 g/mol. The highest BCUT2D eigenvalue weighted by Crippen LogP contribution is 2.28. The molecule has 0 fully saturated rings. The van der Waals surface area contributed by atoms with Crippen LogP contribution in [0.15, 0.2) is 29.4 Å². The van der Waals surface area contributed by atoms with E-state index >= 15 is 0 Å². The highest BCUT2D eigenvalue weighted by atomic mass is 35.5. The lowest BCUT2D eigenvalue weighted by molar-refractivity contribution is 0.982. The fourth-order valence-corrected chi connectivity index (χ4v) is 2.57. The quantitative estimate of drug-likeness (QED) is 0.453. The van der Waals surface area contributed by atoms with Crippen LogP contribution < -0.4 is 16.1 Å². The normalized spacial score (nSPS) is 10.6. The molecule has 110 valence electrons. The predicted octanol–water partition coefficient (Wildman–Crippen LogP) is 3.28. The largest absolute Gasteiger partial charge is 0.364 e. The highest BCUT2D eigenvalue weighted by Gasteiger charge is 2.08. The number of hydrogen-bond acceptors (Lipinski definition) is 5. The molecule has 0 saturated heterocycles. The van der Waals surface area contributed by atoms with Crippen molar-refractivity contribution in [1.29, 1.82) is 0 Å². The smallest absolute Gasteiger partial charge is 0.189 e. The van der Waals surface area contributed by atoms with Gasteiger partial charge >= 0.3 is 0 Å². The van der Waals surface area contributed by atoms with E-state index in [0.717, 1.165) is 16.1 Å². The van der Waals surface area contributed by atoms with Crippen LogP contribution >= 0.6 is 35.2 Å². The van der Waals surface area contributed by atoms with Crippen molar-refractivity contribution in [2.75, 3.05) is 12.4 Å². The molecule has 0 aliphatic carbocycles. The van der Waals surface area contributed by atoms with Gasteiger partial charge in [-0.05, 0) is 30.8 Å². The molecule has 21 heavy (non-hydrogen) atoms. The zero-order valence-electron chi connectivity index (χ0n) is 11.5. The Hall–Kier alpha value is -1.70. The molecule has 0 aliphatic rings. The van der Waals surface area contributed by atoms with Crippen LogP contribution in [0.25, 0.3) is 0 Å². The molecule has 0 atom stereocenters. The third-order valence-electron chi connectivity index (χ3n) is 2.57. The molecule has 0 unspecified atom stereocenters. The lowest BCUT2D eigenvalue weighted by Gasteiger charge is -2.05. The van der Waals surface area contributed by atoms with Crippen molar-refractivity contribution < 1.29 is 0 Å². The van der Waals surface area contributed by atoms with E-state index in [0.29, 0.717) is 15.4 Å². The Morgan fingerprint density at radius 2 is 2.19 bits per heavy atom. The van der Waals surface area contributed by atoms with Crippen LogP contribution in [-0.2, 0) is 0 Å². The predicted molar refractivity (Wildman–Crippen MR) is 94.0 cm³/mol. The summed E-state index contributed by atoms with van der Waals surface area (Å²) in [7, 11) is 1.72. The average Bonchev–Trinajstić information content (AvgIpc) is 2.81. The molecular formula is C13H14ClN5S2. The zero-order chi connectivity index (χ0) is 15.2. The number of nitrogens with zero attached hydrogens (tertiary/aromatic N) is 2. The van der Waals surface area contributed by atoms with E-state index in [1.807, 2.05) is 31.2 Å². The first-order valence-electron chi connectivity index (χ1n) is 6.10. The first-order chi connectivity index (χ1) is 10.1. The Morgan fingerprint density at radius 3 is 2.90 bits per heavy atom. The van der Waals surface area contributed by atoms with E-state index < -0.39 is 0 Å². The average molecular weight is 340 g/mol. The second kappa shape index (κ2) is 7.35. The van der Waals surface area contributed by atoms with Crippen LogP contribution in [0.1, 0.15) is 10.4 Å². The third-order valence-corrected chi connectivity index (χ3v) is 4.17. The first-order valence-corrected chi connectivity index (χ1v) is 7.70. The third kappa shape index (κ3) is 4.38. The van der Waals surface area contributed by atoms with Crippen molar-refractivity contribution in [1.82, 2.24) is 15.7 Å². The first kappa shape index (κ1) is 15.7. The maximum absolute atomic E-state index is 6.09. The van der Waals surface area contributed by atoms with Gasteiger partial charge in [0, 0.05) is 12.7 Å². The summed E-state index contributed by atoms with van der Waals surface area (Å²) < 4.78 is 0. The summed E-state index contributed by atoms with van der Waals surface area (Å²) in [6, 6.07) is 7.98. The molecule has 0 bridgehead atoms. The van der Waals surface area contributed by atoms with Gasteiger partial charge in [0.05, 0.1) is 11.1 Å². The summed E-state index contributed by atoms with van der Waals surface area (Å²) in [5.74, 6) is 0. The van der Waals surface area contributed by atoms with Crippen molar-refractivity contribution in [3.8, 4) is 0 Å². The Morgan fingerprint density at radius 1 is 1.43 bits per heavy atom. The van der Waals surface area contributed by atoms with Crippen molar-refractivity contribution in [2.24, 2.45) is 5.10 Å². The van der Waals surface area contributed by atoms with E-state index in [9.17, 15) is 0 Å². The fraction of sp³-hybridized carbons (Fsp3) is 0.154. The van der Waals surface area contributed by atoms with Crippen LogP contribution in [0.3, 0.4) is 0 Å². The van der Waals surface area contributed by atoms with Crippen molar-refractivity contribution in [3.63, 3.8) is 0 Å². The Labute approximate surface area is 137 Å². The van der Waals surface area contributed by atoms with Gasteiger partial charge in [0.2, 0.25) is 0 Å². The molecule has 1 heterocycles. The molecule has 0 aliphatic heterocycles.